The molecule has 0 radical (unpaired) electrons. The van der Waals surface area contributed by atoms with Crippen LogP contribution >= 0.6 is 0 Å². The number of carbonyl (C=O) groups is 1. The van der Waals surface area contributed by atoms with Gasteiger partial charge in [0.15, 0.2) is 11.5 Å². The minimum Gasteiger partial charge on any atom is -0.496 e. The quantitative estimate of drug-likeness (QED) is 0.361. The van der Waals surface area contributed by atoms with Crippen LogP contribution in [0.3, 0.4) is 0 Å². The maximum absolute atomic E-state index is 13.1. The van der Waals surface area contributed by atoms with Gasteiger partial charge in [0.1, 0.15) is 30.4 Å². The van der Waals surface area contributed by atoms with Crippen molar-refractivity contribution < 1.29 is 19.0 Å². The van der Waals surface area contributed by atoms with Crippen LogP contribution in [0.2, 0.25) is 0 Å². The van der Waals surface area contributed by atoms with Crippen molar-refractivity contribution in [2.24, 2.45) is 0 Å². The third-order valence-corrected chi connectivity index (χ3v) is 6.55. The number of fused-ring (bicyclic) bond motifs is 2. The number of hydrogen-bond donors (Lipinski definition) is 1. The molecule has 0 saturated carbocycles. The van der Waals surface area contributed by atoms with Gasteiger partial charge in [-0.1, -0.05) is 31.2 Å². The summed E-state index contributed by atoms with van der Waals surface area (Å²) >= 11 is 0. The number of anilines is 1. The molecule has 37 heavy (non-hydrogen) atoms. The van der Waals surface area contributed by atoms with Crippen molar-refractivity contribution in [1.82, 2.24) is 14.7 Å². The molecule has 1 N–H and O–H groups in total. The number of hydrogen-bond acceptors (Lipinski definition) is 6. The maximum atomic E-state index is 13.1. The highest BCUT2D eigenvalue weighted by atomic mass is 16.6. The second kappa shape index (κ2) is 10.8. The second-order valence-corrected chi connectivity index (χ2v) is 8.87. The van der Waals surface area contributed by atoms with Crippen molar-refractivity contribution in [2.75, 3.05) is 31.8 Å². The molecule has 8 heteroatoms. The van der Waals surface area contributed by atoms with Gasteiger partial charge in [-0.15, -0.1) is 0 Å². The van der Waals surface area contributed by atoms with Crippen LogP contribution in [0.25, 0.3) is 5.65 Å². The Morgan fingerprint density at radius 2 is 1.89 bits per heavy atom. The number of ether oxygens (including phenoxy) is 3. The lowest BCUT2D eigenvalue weighted by Gasteiger charge is -2.25. The highest BCUT2D eigenvalue weighted by Gasteiger charge is 2.20. The van der Waals surface area contributed by atoms with E-state index in [0.717, 1.165) is 58.5 Å². The molecule has 0 fully saturated rings. The summed E-state index contributed by atoms with van der Waals surface area (Å²) in [6.07, 6.45) is 2.66. The van der Waals surface area contributed by atoms with Crippen LogP contribution in [0.15, 0.2) is 60.8 Å². The molecule has 1 aliphatic rings. The van der Waals surface area contributed by atoms with E-state index in [1.165, 1.54) is 0 Å². The number of nitrogens with one attached hydrogen (secondary N) is 1. The fourth-order valence-electron chi connectivity index (χ4n) is 4.66. The number of methoxy groups -OCH3 is 1. The molecule has 4 aromatic rings. The molecule has 2 aromatic heterocycles. The van der Waals surface area contributed by atoms with Crippen LogP contribution in [0.5, 0.6) is 17.2 Å². The zero-order valence-electron chi connectivity index (χ0n) is 21.5. The van der Waals surface area contributed by atoms with Crippen LogP contribution < -0.4 is 24.4 Å². The molecule has 5 rings (SSSR count). The van der Waals surface area contributed by atoms with E-state index in [0.29, 0.717) is 31.9 Å². The van der Waals surface area contributed by atoms with Gasteiger partial charge in [0, 0.05) is 31.4 Å². The van der Waals surface area contributed by atoms with E-state index in [9.17, 15) is 4.79 Å². The average molecular weight is 501 g/mol. The van der Waals surface area contributed by atoms with Crippen LogP contribution in [0.1, 0.15) is 41.0 Å². The Hall–Kier alpha value is -4.20. The van der Waals surface area contributed by atoms with Crippen LogP contribution in [-0.4, -0.2) is 42.2 Å². The van der Waals surface area contributed by atoms with Gasteiger partial charge >= 0.3 is 0 Å². The zero-order chi connectivity index (χ0) is 25.8. The van der Waals surface area contributed by atoms with Crippen molar-refractivity contribution >= 4 is 17.4 Å². The molecular formula is C29H32N4O4. The summed E-state index contributed by atoms with van der Waals surface area (Å²) in [4.78, 5) is 20.2. The summed E-state index contributed by atoms with van der Waals surface area (Å²) in [5.74, 6) is 3.16. The minimum atomic E-state index is -0.152. The number of nitrogens with zero attached hydrogens (tertiary/aromatic N) is 3. The highest BCUT2D eigenvalue weighted by Crippen LogP contribution is 2.32. The molecule has 3 heterocycles. The standard InChI is InChI=1S/C29H32N4O4/c1-4-23-29(32(5-2)18-20-10-12-25-26(16-20)37-15-14-36-25)33-19-22(11-13-27(33)31-23)28(34)30-17-21-8-6-7-9-24(21)35-3/h6-13,16,19H,4-5,14-15,17-18H2,1-3H3,(H,30,34). The second-order valence-electron chi connectivity index (χ2n) is 8.87. The fraction of sp³-hybridized carbons (Fsp3) is 0.310. The molecule has 0 spiro atoms. The normalized spacial score (nSPS) is 12.4. The molecule has 0 unspecified atom stereocenters. The molecule has 8 nitrogen and oxygen atoms in total. The number of aromatic nitrogens is 2. The van der Waals surface area contributed by atoms with Crippen LogP contribution in [0.4, 0.5) is 5.82 Å². The third-order valence-electron chi connectivity index (χ3n) is 6.55. The molecule has 1 aliphatic heterocycles. The van der Waals surface area contributed by atoms with Gasteiger partial charge in [-0.2, -0.15) is 0 Å². The summed E-state index contributed by atoms with van der Waals surface area (Å²) in [7, 11) is 1.63. The van der Waals surface area contributed by atoms with E-state index in [-0.39, 0.29) is 5.91 Å². The number of rotatable bonds is 9. The molecule has 0 saturated heterocycles. The Morgan fingerprint density at radius 1 is 1.08 bits per heavy atom. The van der Waals surface area contributed by atoms with Crippen LogP contribution in [-0.2, 0) is 19.5 Å². The molecule has 2 aromatic carbocycles. The molecule has 1 amide bonds. The van der Waals surface area contributed by atoms with Gasteiger partial charge in [0.2, 0.25) is 0 Å². The average Bonchev–Trinajstić information content (AvgIpc) is 3.32. The molecular weight excluding hydrogens is 468 g/mol. The molecule has 0 atom stereocenters. The monoisotopic (exact) mass is 500 g/mol. The molecule has 0 aliphatic carbocycles. The lowest BCUT2D eigenvalue weighted by Crippen LogP contribution is -2.26. The predicted octanol–water partition coefficient (Wildman–Crippen LogP) is 4.63. The van der Waals surface area contributed by atoms with E-state index in [2.05, 4.69) is 30.1 Å². The maximum Gasteiger partial charge on any atom is 0.253 e. The summed E-state index contributed by atoms with van der Waals surface area (Å²) in [5.41, 5.74) is 4.42. The largest absolute Gasteiger partial charge is 0.496 e. The Morgan fingerprint density at radius 3 is 2.68 bits per heavy atom. The van der Waals surface area contributed by atoms with Crippen molar-refractivity contribution in [3.05, 3.63) is 83.2 Å². The Bertz CT molecular complexity index is 1410. The first kappa shape index (κ1) is 24.5. The number of benzene rings is 2. The number of pyridine rings is 1. The van der Waals surface area contributed by atoms with Crippen molar-refractivity contribution in [2.45, 2.75) is 33.4 Å². The van der Waals surface area contributed by atoms with E-state index >= 15 is 0 Å². The number of aryl methyl sites for hydroxylation is 1. The smallest absolute Gasteiger partial charge is 0.253 e. The van der Waals surface area contributed by atoms with E-state index in [1.807, 2.05) is 59.1 Å². The van der Waals surface area contributed by atoms with E-state index < -0.39 is 0 Å². The van der Waals surface area contributed by atoms with Gasteiger partial charge in [-0.05, 0) is 49.2 Å². The van der Waals surface area contributed by atoms with Gasteiger partial charge < -0.3 is 24.4 Å². The summed E-state index contributed by atoms with van der Waals surface area (Å²) in [5, 5.41) is 3.01. The zero-order valence-corrected chi connectivity index (χ0v) is 21.5. The first-order chi connectivity index (χ1) is 18.1. The number of para-hydroxylation sites is 1. The van der Waals surface area contributed by atoms with Crippen molar-refractivity contribution in [3.8, 4) is 17.2 Å². The van der Waals surface area contributed by atoms with E-state index in [1.54, 1.807) is 7.11 Å². The van der Waals surface area contributed by atoms with Crippen molar-refractivity contribution in [3.63, 3.8) is 0 Å². The SMILES string of the molecule is CCc1nc2ccc(C(=O)NCc3ccccc3OC)cn2c1N(CC)Cc1ccc2c(c1)OCCO2. The summed E-state index contributed by atoms with van der Waals surface area (Å²) < 4.78 is 18.9. The topological polar surface area (TPSA) is 77.3 Å². The minimum absolute atomic E-state index is 0.152. The highest BCUT2D eigenvalue weighted by molar-refractivity contribution is 5.94. The van der Waals surface area contributed by atoms with Crippen molar-refractivity contribution in [1.29, 1.82) is 0 Å². The Labute approximate surface area is 216 Å². The number of amides is 1. The van der Waals surface area contributed by atoms with E-state index in [4.69, 9.17) is 19.2 Å². The van der Waals surface area contributed by atoms with Gasteiger partial charge in [-0.25, -0.2) is 4.98 Å². The number of imidazole rings is 1. The Kier molecular flexibility index (Phi) is 7.16. The predicted molar refractivity (Wildman–Crippen MR) is 143 cm³/mol. The first-order valence-electron chi connectivity index (χ1n) is 12.7. The van der Waals surface area contributed by atoms with Crippen LogP contribution in [0, 0.1) is 0 Å². The lowest BCUT2D eigenvalue weighted by molar-refractivity contribution is 0.0950. The first-order valence-corrected chi connectivity index (χ1v) is 12.7. The Balaban J connectivity index is 1.42. The van der Waals surface area contributed by atoms with Gasteiger partial charge in [-0.3, -0.25) is 9.20 Å². The van der Waals surface area contributed by atoms with Gasteiger partial charge in [0.05, 0.1) is 18.4 Å². The summed E-state index contributed by atoms with van der Waals surface area (Å²) in [6, 6.07) is 17.5. The lowest BCUT2D eigenvalue weighted by atomic mass is 10.1. The summed E-state index contributed by atoms with van der Waals surface area (Å²) in [6.45, 7) is 7.19. The molecule has 0 bridgehead atoms. The number of carbonyl (C=O) groups excluding carboxylic acids is 1. The van der Waals surface area contributed by atoms with Gasteiger partial charge in [0.25, 0.3) is 5.91 Å². The fourth-order valence-corrected chi connectivity index (χ4v) is 4.66. The third kappa shape index (κ3) is 5.05. The molecule has 192 valence electrons.